The highest BCUT2D eigenvalue weighted by molar-refractivity contribution is 6.33. The Morgan fingerprint density at radius 2 is 2.23 bits per heavy atom. The molecule has 7 heteroatoms. The van der Waals surface area contributed by atoms with Crippen molar-refractivity contribution >= 4 is 23.2 Å². The minimum Gasteiger partial charge on any atom is -0.481 e. The van der Waals surface area contributed by atoms with E-state index in [-0.39, 0.29) is 18.1 Å². The van der Waals surface area contributed by atoms with Crippen LogP contribution in [0, 0.1) is 5.82 Å². The number of aryl methyl sites for hydroxylation is 1. The fraction of sp³-hybridized carbons (Fsp3) is 0.333. The summed E-state index contributed by atoms with van der Waals surface area (Å²) in [5.74, 6) is -0.409. The third kappa shape index (κ3) is 2.06. The normalized spacial score (nSPS) is 16.5. The van der Waals surface area contributed by atoms with Crippen molar-refractivity contribution in [2.75, 3.05) is 11.9 Å². The molecule has 3 heterocycles. The van der Waals surface area contributed by atoms with Crippen LogP contribution in [-0.2, 0) is 17.8 Å². The summed E-state index contributed by atoms with van der Waals surface area (Å²) < 4.78 is 21.5. The van der Waals surface area contributed by atoms with E-state index in [0.717, 1.165) is 31.5 Å². The maximum Gasteiger partial charge on any atom is 0.262 e. The maximum absolute atomic E-state index is 14.4. The highest BCUT2D eigenvalue weighted by atomic mass is 35.5. The van der Waals surface area contributed by atoms with Gasteiger partial charge in [-0.1, -0.05) is 11.6 Å². The standard InChI is InChI=1S/C15H13ClFN3O2/c16-14-11-3-1-2-4-20(11)19-15(14)8-5-10-12(6-9(8)17)22-7-13(21)18-10/h5-6H,1-4,7H2,(H,18,21). The van der Waals surface area contributed by atoms with Crippen LogP contribution in [0.5, 0.6) is 5.75 Å². The first-order chi connectivity index (χ1) is 10.6. The highest BCUT2D eigenvalue weighted by Crippen LogP contribution is 2.39. The number of halogens is 2. The van der Waals surface area contributed by atoms with Crippen LogP contribution in [0.1, 0.15) is 18.5 Å². The van der Waals surface area contributed by atoms with Gasteiger partial charge in [-0.3, -0.25) is 9.48 Å². The molecule has 1 N–H and O–H groups in total. The zero-order valence-corrected chi connectivity index (χ0v) is 12.4. The minimum absolute atomic E-state index is 0.106. The van der Waals surface area contributed by atoms with Crippen LogP contribution in [0.4, 0.5) is 10.1 Å². The van der Waals surface area contributed by atoms with E-state index in [1.54, 1.807) is 0 Å². The summed E-state index contributed by atoms with van der Waals surface area (Å²) in [4.78, 5) is 11.4. The summed E-state index contributed by atoms with van der Waals surface area (Å²) in [6.45, 7) is 0.687. The molecule has 22 heavy (non-hydrogen) atoms. The van der Waals surface area contributed by atoms with Crippen LogP contribution in [0.25, 0.3) is 11.3 Å². The van der Waals surface area contributed by atoms with Crippen molar-refractivity contribution in [3.8, 4) is 17.0 Å². The van der Waals surface area contributed by atoms with Gasteiger partial charge >= 0.3 is 0 Å². The van der Waals surface area contributed by atoms with Gasteiger partial charge in [0, 0.05) is 18.2 Å². The number of nitrogens with one attached hydrogen (secondary N) is 1. The molecule has 2 aliphatic heterocycles. The number of rotatable bonds is 1. The zero-order chi connectivity index (χ0) is 15.3. The fourth-order valence-electron chi connectivity index (χ4n) is 2.91. The summed E-state index contributed by atoms with van der Waals surface area (Å²) in [6.07, 6.45) is 2.95. The number of hydrogen-bond acceptors (Lipinski definition) is 3. The van der Waals surface area contributed by atoms with Crippen molar-refractivity contribution in [3.63, 3.8) is 0 Å². The lowest BCUT2D eigenvalue weighted by Crippen LogP contribution is -2.25. The van der Waals surface area contributed by atoms with Crippen LogP contribution in [0.2, 0.25) is 5.02 Å². The predicted octanol–water partition coefficient (Wildman–Crippen LogP) is 3.01. The highest BCUT2D eigenvalue weighted by Gasteiger charge is 2.25. The second kappa shape index (κ2) is 4.98. The van der Waals surface area contributed by atoms with Crippen molar-refractivity contribution in [3.05, 3.63) is 28.7 Å². The van der Waals surface area contributed by atoms with E-state index in [4.69, 9.17) is 16.3 Å². The van der Waals surface area contributed by atoms with Crippen LogP contribution in [0.15, 0.2) is 12.1 Å². The minimum atomic E-state index is -0.466. The second-order valence-corrected chi connectivity index (χ2v) is 5.83. The SMILES string of the molecule is O=C1COc2cc(F)c(-c3nn4c(c3Cl)CCCC4)cc2N1. The van der Waals surface area contributed by atoms with Gasteiger partial charge < -0.3 is 10.1 Å². The number of anilines is 1. The fourth-order valence-corrected chi connectivity index (χ4v) is 3.24. The Hall–Kier alpha value is -2.08. The number of hydrogen-bond donors (Lipinski definition) is 1. The predicted molar refractivity (Wildman–Crippen MR) is 79.7 cm³/mol. The van der Waals surface area contributed by atoms with E-state index < -0.39 is 5.82 Å². The molecule has 0 saturated carbocycles. The molecule has 0 radical (unpaired) electrons. The second-order valence-electron chi connectivity index (χ2n) is 5.45. The Morgan fingerprint density at radius 1 is 1.36 bits per heavy atom. The molecule has 0 fully saturated rings. The van der Waals surface area contributed by atoms with E-state index in [2.05, 4.69) is 10.4 Å². The van der Waals surface area contributed by atoms with Gasteiger partial charge in [0.25, 0.3) is 5.91 Å². The Labute approximate surface area is 131 Å². The molecule has 4 rings (SSSR count). The first-order valence-electron chi connectivity index (χ1n) is 7.15. The summed E-state index contributed by atoms with van der Waals surface area (Å²) >= 11 is 6.39. The summed E-state index contributed by atoms with van der Waals surface area (Å²) in [5.41, 5.74) is 2.07. The van der Waals surface area contributed by atoms with E-state index in [1.807, 2.05) is 4.68 Å². The number of fused-ring (bicyclic) bond motifs is 2. The third-order valence-corrected chi connectivity index (χ3v) is 4.38. The lowest BCUT2D eigenvalue weighted by Gasteiger charge is -2.18. The molecule has 0 spiro atoms. The van der Waals surface area contributed by atoms with Crippen LogP contribution < -0.4 is 10.1 Å². The smallest absolute Gasteiger partial charge is 0.262 e. The number of ether oxygens (including phenoxy) is 1. The first-order valence-corrected chi connectivity index (χ1v) is 7.53. The monoisotopic (exact) mass is 321 g/mol. The molecule has 1 aromatic carbocycles. The van der Waals surface area contributed by atoms with Crippen LogP contribution >= 0.6 is 11.6 Å². The molecule has 1 aromatic heterocycles. The molecule has 2 aromatic rings. The Bertz CT molecular complexity index is 788. The average molecular weight is 322 g/mol. The van der Waals surface area contributed by atoms with Gasteiger partial charge in [0.15, 0.2) is 6.61 Å². The molecular formula is C15H13ClFN3O2. The summed E-state index contributed by atoms with van der Waals surface area (Å²) in [6, 6.07) is 2.79. The van der Waals surface area contributed by atoms with Gasteiger partial charge in [-0.05, 0) is 25.3 Å². The molecule has 0 bridgehead atoms. The topological polar surface area (TPSA) is 56.1 Å². The average Bonchev–Trinajstić information content (AvgIpc) is 2.84. The number of nitrogens with zero attached hydrogens (tertiary/aromatic N) is 2. The number of carbonyl (C=O) groups excluding carboxylic acids is 1. The molecule has 5 nitrogen and oxygen atoms in total. The van der Waals surface area contributed by atoms with E-state index in [9.17, 15) is 9.18 Å². The van der Waals surface area contributed by atoms with Crippen molar-refractivity contribution < 1.29 is 13.9 Å². The van der Waals surface area contributed by atoms with E-state index >= 15 is 0 Å². The molecule has 1 amide bonds. The van der Waals surface area contributed by atoms with Gasteiger partial charge in [-0.2, -0.15) is 5.10 Å². The van der Waals surface area contributed by atoms with Crippen LogP contribution in [-0.4, -0.2) is 22.3 Å². The molecule has 0 unspecified atom stereocenters. The zero-order valence-electron chi connectivity index (χ0n) is 11.7. The van der Waals surface area contributed by atoms with E-state index in [0.29, 0.717) is 22.2 Å². The van der Waals surface area contributed by atoms with Crippen molar-refractivity contribution in [2.24, 2.45) is 0 Å². The molecule has 114 valence electrons. The number of carbonyl (C=O) groups is 1. The lowest BCUT2D eigenvalue weighted by molar-refractivity contribution is -0.118. The van der Waals surface area contributed by atoms with Crippen molar-refractivity contribution in [1.82, 2.24) is 9.78 Å². The van der Waals surface area contributed by atoms with Gasteiger partial charge in [0.1, 0.15) is 17.3 Å². The van der Waals surface area contributed by atoms with E-state index in [1.165, 1.54) is 12.1 Å². The van der Waals surface area contributed by atoms with Crippen molar-refractivity contribution in [1.29, 1.82) is 0 Å². The maximum atomic E-state index is 14.4. The quantitative estimate of drug-likeness (QED) is 0.878. The van der Waals surface area contributed by atoms with Gasteiger partial charge in [0.2, 0.25) is 0 Å². The summed E-state index contributed by atoms with van der Waals surface area (Å²) in [7, 11) is 0. The Balaban J connectivity index is 1.84. The molecule has 2 aliphatic rings. The number of benzene rings is 1. The van der Waals surface area contributed by atoms with Crippen molar-refractivity contribution in [2.45, 2.75) is 25.8 Å². The number of amides is 1. The molecule has 0 saturated heterocycles. The molecular weight excluding hydrogens is 309 g/mol. The number of aromatic nitrogens is 2. The molecule has 0 atom stereocenters. The molecule has 0 aliphatic carbocycles. The lowest BCUT2D eigenvalue weighted by atomic mass is 10.1. The summed E-state index contributed by atoms with van der Waals surface area (Å²) in [5, 5.41) is 7.60. The third-order valence-electron chi connectivity index (χ3n) is 3.98. The Kier molecular flexibility index (Phi) is 3.07. The largest absolute Gasteiger partial charge is 0.481 e. The van der Waals surface area contributed by atoms with Gasteiger partial charge in [-0.15, -0.1) is 0 Å². The Morgan fingerprint density at radius 3 is 3.05 bits per heavy atom. The van der Waals surface area contributed by atoms with Crippen LogP contribution in [0.3, 0.4) is 0 Å². The first kappa shape index (κ1) is 13.6. The van der Waals surface area contributed by atoms with Gasteiger partial charge in [-0.25, -0.2) is 4.39 Å². The van der Waals surface area contributed by atoms with Gasteiger partial charge in [0.05, 0.1) is 16.4 Å².